The first kappa shape index (κ1) is 26.4. The SMILES string of the molecule is COC(=CC(=O)N(C)[C@@H](C[C@H](C)C(Cl)(Cl)Cl)c1nccs1)C[C@H](C)C(Cl)(Cl)Cl. The molecule has 11 heteroatoms. The number of rotatable bonds is 8. The van der Waals surface area contributed by atoms with Gasteiger partial charge in [-0.1, -0.05) is 83.5 Å². The molecule has 1 rings (SSSR count). The monoisotopic (exact) mass is 528 g/mol. The van der Waals surface area contributed by atoms with Gasteiger partial charge in [-0.3, -0.25) is 4.79 Å². The summed E-state index contributed by atoms with van der Waals surface area (Å²) in [7, 11) is 3.13. The molecule has 1 amide bonds. The summed E-state index contributed by atoms with van der Waals surface area (Å²) in [6, 6.07) is -0.363. The number of ether oxygens (including phenoxy) is 1. The van der Waals surface area contributed by atoms with E-state index in [2.05, 4.69) is 4.98 Å². The third kappa shape index (κ3) is 8.25. The van der Waals surface area contributed by atoms with Gasteiger partial charge in [-0.15, -0.1) is 11.3 Å². The summed E-state index contributed by atoms with van der Waals surface area (Å²) in [5.41, 5.74) is 0. The molecule has 0 bridgehead atoms. The predicted octanol–water partition coefficient (Wildman–Crippen LogP) is 6.97. The van der Waals surface area contributed by atoms with E-state index in [0.29, 0.717) is 18.6 Å². The van der Waals surface area contributed by atoms with Crippen LogP contribution in [0.15, 0.2) is 23.4 Å². The van der Waals surface area contributed by atoms with Crippen molar-refractivity contribution in [1.29, 1.82) is 0 Å². The van der Waals surface area contributed by atoms with Crippen LogP contribution in [-0.2, 0) is 9.53 Å². The van der Waals surface area contributed by atoms with Crippen LogP contribution in [0.5, 0.6) is 0 Å². The number of hydrogen-bond acceptors (Lipinski definition) is 4. The van der Waals surface area contributed by atoms with Crippen molar-refractivity contribution in [3.63, 3.8) is 0 Å². The number of alkyl halides is 6. The molecule has 0 N–H and O–H groups in total. The molecule has 28 heavy (non-hydrogen) atoms. The standard InChI is InChI=1S/C17H22Cl6N2O2S/c1-10(16(18,19)20)7-12(27-4)9-14(26)25(3)13(15-24-5-6-28-15)8-11(2)17(21,22)23/h5-6,9-11,13H,7-8H2,1-4H3/t10-,11-,13-/m0/s1. The van der Waals surface area contributed by atoms with Gasteiger partial charge in [-0.05, 0) is 6.42 Å². The van der Waals surface area contributed by atoms with Crippen LogP contribution in [0.25, 0.3) is 0 Å². The molecule has 0 spiro atoms. The van der Waals surface area contributed by atoms with Crippen LogP contribution in [0.4, 0.5) is 0 Å². The first-order chi connectivity index (χ1) is 12.8. The molecular formula is C17H22Cl6N2O2S. The number of amides is 1. The molecule has 0 unspecified atom stereocenters. The summed E-state index contributed by atoms with van der Waals surface area (Å²) >= 11 is 37.2. The van der Waals surface area contributed by atoms with E-state index in [9.17, 15) is 4.79 Å². The molecule has 4 nitrogen and oxygen atoms in total. The van der Waals surface area contributed by atoms with Gasteiger partial charge < -0.3 is 9.64 Å². The molecule has 1 heterocycles. The van der Waals surface area contributed by atoms with Crippen LogP contribution >= 0.6 is 80.9 Å². The molecule has 1 aromatic rings. The fourth-order valence-corrected chi connectivity index (χ4v) is 3.60. The summed E-state index contributed by atoms with van der Waals surface area (Å²) in [6.45, 7) is 3.57. The van der Waals surface area contributed by atoms with E-state index >= 15 is 0 Å². The van der Waals surface area contributed by atoms with Gasteiger partial charge in [0.05, 0.1) is 13.2 Å². The van der Waals surface area contributed by atoms with E-state index in [1.54, 1.807) is 25.1 Å². The number of thiazole rings is 1. The third-order valence-corrected chi connectivity index (χ3v) is 7.41. The van der Waals surface area contributed by atoms with Crippen molar-refractivity contribution < 1.29 is 9.53 Å². The Morgan fingerprint density at radius 2 is 1.79 bits per heavy atom. The largest absolute Gasteiger partial charge is 0.501 e. The van der Waals surface area contributed by atoms with Crippen molar-refractivity contribution >= 4 is 86.8 Å². The zero-order valence-corrected chi connectivity index (χ0v) is 21.1. The van der Waals surface area contributed by atoms with Crippen LogP contribution in [0.3, 0.4) is 0 Å². The molecule has 0 radical (unpaired) electrons. The number of hydrogen-bond donors (Lipinski definition) is 0. The van der Waals surface area contributed by atoms with Gasteiger partial charge in [0.1, 0.15) is 10.8 Å². The van der Waals surface area contributed by atoms with E-state index in [4.69, 9.17) is 74.3 Å². The maximum absolute atomic E-state index is 12.9. The number of methoxy groups -OCH3 is 1. The van der Waals surface area contributed by atoms with E-state index in [1.165, 1.54) is 24.5 Å². The first-order valence-corrected chi connectivity index (χ1v) is 11.5. The fraction of sp³-hybridized carbons (Fsp3) is 0.647. The highest BCUT2D eigenvalue weighted by Gasteiger charge is 2.35. The molecule has 0 aliphatic heterocycles. The van der Waals surface area contributed by atoms with Crippen LogP contribution in [0.1, 0.15) is 37.7 Å². The molecule has 0 aliphatic carbocycles. The summed E-state index contributed by atoms with van der Waals surface area (Å²) < 4.78 is 2.39. The Labute approximate surface area is 200 Å². The topological polar surface area (TPSA) is 42.4 Å². The van der Waals surface area contributed by atoms with Gasteiger partial charge in [0.15, 0.2) is 7.59 Å². The Balaban J connectivity index is 3.03. The van der Waals surface area contributed by atoms with Gasteiger partial charge in [0.2, 0.25) is 5.91 Å². The molecular weight excluding hydrogens is 509 g/mol. The summed E-state index contributed by atoms with van der Waals surface area (Å²) in [5.74, 6) is -0.536. The number of nitrogens with zero attached hydrogens (tertiary/aromatic N) is 2. The minimum atomic E-state index is -1.46. The number of aromatic nitrogens is 1. The Bertz CT molecular complexity index is 658. The van der Waals surface area contributed by atoms with Gasteiger partial charge in [0.25, 0.3) is 0 Å². The molecule has 0 aromatic carbocycles. The number of carbonyl (C=O) groups is 1. The lowest BCUT2D eigenvalue weighted by molar-refractivity contribution is -0.127. The molecule has 0 saturated carbocycles. The van der Waals surface area contributed by atoms with Crippen LogP contribution in [-0.4, -0.2) is 37.5 Å². The second-order valence-electron chi connectivity index (χ2n) is 6.48. The smallest absolute Gasteiger partial charge is 0.250 e. The lowest BCUT2D eigenvalue weighted by Crippen LogP contribution is -2.33. The molecule has 0 aliphatic rings. The van der Waals surface area contributed by atoms with Crippen molar-refractivity contribution in [2.75, 3.05) is 14.2 Å². The Morgan fingerprint density at radius 3 is 2.21 bits per heavy atom. The van der Waals surface area contributed by atoms with Crippen molar-refractivity contribution in [2.24, 2.45) is 11.8 Å². The first-order valence-electron chi connectivity index (χ1n) is 8.31. The van der Waals surface area contributed by atoms with E-state index in [1.807, 2.05) is 12.3 Å². The molecule has 1 aromatic heterocycles. The highest BCUT2D eigenvalue weighted by Crippen LogP contribution is 2.41. The van der Waals surface area contributed by atoms with Crippen molar-refractivity contribution in [1.82, 2.24) is 9.88 Å². The Hall–Kier alpha value is 0.380. The quantitative estimate of drug-likeness (QED) is 0.207. The van der Waals surface area contributed by atoms with Crippen LogP contribution in [0.2, 0.25) is 0 Å². The molecule has 0 saturated heterocycles. The number of carbonyl (C=O) groups excluding carboxylic acids is 1. The minimum Gasteiger partial charge on any atom is -0.501 e. The van der Waals surface area contributed by atoms with Gasteiger partial charge in [-0.25, -0.2) is 4.98 Å². The Kier molecular flexibility index (Phi) is 10.5. The van der Waals surface area contributed by atoms with Crippen LogP contribution in [0, 0.1) is 11.8 Å². The summed E-state index contributed by atoms with van der Waals surface area (Å²) in [4.78, 5) is 18.7. The lowest BCUT2D eigenvalue weighted by Gasteiger charge is -2.30. The van der Waals surface area contributed by atoms with Crippen molar-refractivity contribution in [3.05, 3.63) is 28.4 Å². The van der Waals surface area contributed by atoms with Gasteiger partial charge in [0, 0.05) is 43.0 Å². The predicted molar refractivity (Wildman–Crippen MR) is 121 cm³/mol. The number of halogens is 6. The minimum absolute atomic E-state index is 0.287. The summed E-state index contributed by atoms with van der Waals surface area (Å²) in [6.07, 6.45) is 3.77. The normalized spacial score (nSPS) is 16.4. The average Bonchev–Trinajstić information content (AvgIpc) is 3.10. The lowest BCUT2D eigenvalue weighted by atomic mass is 10.0. The van der Waals surface area contributed by atoms with Crippen molar-refractivity contribution in [2.45, 2.75) is 40.3 Å². The molecule has 160 valence electrons. The zero-order valence-electron chi connectivity index (χ0n) is 15.8. The molecule has 3 atom stereocenters. The fourth-order valence-electron chi connectivity index (χ4n) is 2.30. The van der Waals surface area contributed by atoms with Gasteiger partial charge >= 0.3 is 0 Å². The average molecular weight is 531 g/mol. The second-order valence-corrected chi connectivity index (χ2v) is 12.1. The third-order valence-electron chi connectivity index (χ3n) is 4.30. The number of likely N-dealkylation sites (N-methyl/N-ethyl adjacent to an activating group) is 1. The van der Waals surface area contributed by atoms with Crippen LogP contribution < -0.4 is 0 Å². The van der Waals surface area contributed by atoms with Gasteiger partial charge in [-0.2, -0.15) is 0 Å². The Morgan fingerprint density at radius 1 is 1.21 bits per heavy atom. The van der Waals surface area contributed by atoms with Crippen molar-refractivity contribution in [3.8, 4) is 0 Å². The zero-order chi connectivity index (χ0) is 21.7. The second kappa shape index (κ2) is 11.1. The van der Waals surface area contributed by atoms with E-state index in [0.717, 1.165) is 5.01 Å². The molecule has 0 fully saturated rings. The highest BCUT2D eigenvalue weighted by atomic mass is 35.6. The van der Waals surface area contributed by atoms with E-state index in [-0.39, 0.29) is 23.8 Å². The maximum Gasteiger partial charge on any atom is 0.250 e. The highest BCUT2D eigenvalue weighted by molar-refractivity contribution is 7.09. The summed E-state index contributed by atoms with van der Waals surface area (Å²) in [5, 5.41) is 2.58. The number of allylic oxidation sites excluding steroid dienone is 1. The maximum atomic E-state index is 12.9. The van der Waals surface area contributed by atoms with E-state index < -0.39 is 7.59 Å².